The Morgan fingerprint density at radius 2 is 1.81 bits per heavy atom. The number of carbonyl (C=O) groups excluding carboxylic acids is 2. The van der Waals surface area contributed by atoms with Crippen molar-refractivity contribution in [1.82, 2.24) is 10.2 Å². The summed E-state index contributed by atoms with van der Waals surface area (Å²) in [4.78, 5) is 27.6. The van der Waals surface area contributed by atoms with Gasteiger partial charge in [-0.15, -0.1) is 0 Å². The van der Waals surface area contributed by atoms with Crippen molar-refractivity contribution in [3.63, 3.8) is 0 Å². The number of unbranched alkanes of at least 4 members (excludes halogenated alkanes) is 1. The minimum absolute atomic E-state index is 0.0795. The zero-order valence-corrected chi connectivity index (χ0v) is 22.9. The van der Waals surface area contributed by atoms with Crippen LogP contribution in [0.5, 0.6) is 5.75 Å². The summed E-state index contributed by atoms with van der Waals surface area (Å²) in [7, 11) is -1.99. The molecule has 198 valence electrons. The number of sulfonamides is 1. The van der Waals surface area contributed by atoms with Gasteiger partial charge in [-0.25, -0.2) is 8.42 Å². The molecular formula is C26H36ClN3O5S. The molecule has 0 bridgehead atoms. The van der Waals surface area contributed by atoms with Crippen molar-refractivity contribution in [2.45, 2.75) is 52.1 Å². The molecule has 0 fully saturated rings. The number of ether oxygens (including phenoxy) is 1. The van der Waals surface area contributed by atoms with E-state index in [0.29, 0.717) is 23.0 Å². The number of hydrogen-bond acceptors (Lipinski definition) is 5. The highest BCUT2D eigenvalue weighted by Crippen LogP contribution is 2.22. The van der Waals surface area contributed by atoms with Crippen molar-refractivity contribution in [2.24, 2.45) is 0 Å². The number of carbonyl (C=O) groups is 2. The first-order valence-electron chi connectivity index (χ1n) is 12.0. The van der Waals surface area contributed by atoms with Gasteiger partial charge in [0.25, 0.3) is 0 Å². The summed E-state index contributed by atoms with van der Waals surface area (Å²) in [5, 5.41) is 3.39. The lowest BCUT2D eigenvalue weighted by Gasteiger charge is -2.29. The maximum absolute atomic E-state index is 13.3. The van der Waals surface area contributed by atoms with Crippen LogP contribution in [0.15, 0.2) is 48.5 Å². The number of anilines is 1. The van der Waals surface area contributed by atoms with Crippen LogP contribution in [0.2, 0.25) is 5.02 Å². The molecule has 0 aromatic heterocycles. The maximum atomic E-state index is 13.3. The van der Waals surface area contributed by atoms with E-state index < -0.39 is 16.1 Å². The molecule has 0 aliphatic carbocycles. The SMILES string of the molecule is CCCCNC(=O)C(C)N(Cc1cccc(OC)c1)C(=O)CCCN(c1ccc(Cl)cc1)S(C)(=O)=O. The number of benzene rings is 2. The van der Waals surface area contributed by atoms with Crippen molar-refractivity contribution < 1.29 is 22.7 Å². The van der Waals surface area contributed by atoms with Gasteiger partial charge in [-0.3, -0.25) is 13.9 Å². The fourth-order valence-corrected chi connectivity index (χ4v) is 4.79. The number of rotatable bonds is 14. The Kier molecular flexibility index (Phi) is 11.5. The second kappa shape index (κ2) is 14.1. The van der Waals surface area contributed by atoms with Crippen LogP contribution in [0.1, 0.15) is 45.1 Å². The fraction of sp³-hybridized carbons (Fsp3) is 0.462. The van der Waals surface area contributed by atoms with Gasteiger partial charge in [-0.05, 0) is 61.7 Å². The Bertz CT molecular complexity index is 1110. The number of nitrogens with one attached hydrogen (secondary N) is 1. The molecule has 0 saturated heterocycles. The minimum Gasteiger partial charge on any atom is -0.497 e. The van der Waals surface area contributed by atoms with E-state index in [4.69, 9.17) is 16.3 Å². The van der Waals surface area contributed by atoms with Crippen LogP contribution in [0.25, 0.3) is 0 Å². The highest BCUT2D eigenvalue weighted by Gasteiger charge is 2.26. The Labute approximate surface area is 219 Å². The average Bonchev–Trinajstić information content (AvgIpc) is 2.85. The summed E-state index contributed by atoms with van der Waals surface area (Å²) < 4.78 is 31.3. The summed E-state index contributed by atoms with van der Waals surface area (Å²) in [5.41, 5.74) is 1.31. The number of halogens is 1. The third-order valence-electron chi connectivity index (χ3n) is 5.75. The van der Waals surface area contributed by atoms with Gasteiger partial charge in [0.15, 0.2) is 0 Å². The lowest BCUT2D eigenvalue weighted by atomic mass is 10.1. The van der Waals surface area contributed by atoms with Crippen LogP contribution in [0.3, 0.4) is 0 Å². The normalized spacial score (nSPS) is 12.0. The van der Waals surface area contributed by atoms with Crippen molar-refractivity contribution in [3.8, 4) is 5.75 Å². The van der Waals surface area contributed by atoms with Gasteiger partial charge in [0.1, 0.15) is 11.8 Å². The first-order chi connectivity index (χ1) is 17.1. The van der Waals surface area contributed by atoms with Crippen LogP contribution in [-0.4, -0.2) is 57.6 Å². The van der Waals surface area contributed by atoms with Crippen molar-refractivity contribution in [2.75, 3.05) is 30.8 Å². The lowest BCUT2D eigenvalue weighted by Crippen LogP contribution is -2.48. The lowest BCUT2D eigenvalue weighted by molar-refractivity contribution is -0.140. The molecule has 8 nitrogen and oxygen atoms in total. The van der Waals surface area contributed by atoms with Crippen LogP contribution in [0, 0.1) is 0 Å². The molecular weight excluding hydrogens is 502 g/mol. The van der Waals surface area contributed by atoms with E-state index in [0.717, 1.165) is 24.7 Å². The standard InChI is InChI=1S/C26H36ClN3O5S/c1-5-6-16-28-26(32)20(2)29(19-21-9-7-10-24(18-21)35-3)25(31)11-8-17-30(36(4,33)34)23-14-12-22(27)13-15-23/h7,9-10,12-15,18,20H,5-6,8,11,16-17,19H2,1-4H3,(H,28,32). The van der Waals surface area contributed by atoms with Crippen molar-refractivity contribution in [3.05, 3.63) is 59.1 Å². The van der Waals surface area contributed by atoms with E-state index in [-0.39, 0.29) is 37.7 Å². The quantitative estimate of drug-likeness (QED) is 0.364. The fourth-order valence-electron chi connectivity index (χ4n) is 3.70. The van der Waals surface area contributed by atoms with E-state index in [1.807, 2.05) is 31.2 Å². The summed E-state index contributed by atoms with van der Waals surface area (Å²) in [6.07, 6.45) is 3.30. The molecule has 1 unspecified atom stereocenters. The molecule has 1 N–H and O–H groups in total. The summed E-state index contributed by atoms with van der Waals surface area (Å²) in [6, 6.07) is 13.1. The van der Waals surface area contributed by atoms with Gasteiger partial charge in [0, 0.05) is 31.1 Å². The third-order valence-corrected chi connectivity index (χ3v) is 7.20. The van der Waals surface area contributed by atoms with Gasteiger partial charge in [0.2, 0.25) is 21.8 Å². The molecule has 0 heterocycles. The van der Waals surface area contributed by atoms with Crippen LogP contribution < -0.4 is 14.4 Å². The van der Waals surface area contributed by atoms with Crippen molar-refractivity contribution in [1.29, 1.82) is 0 Å². The number of amides is 2. The third kappa shape index (κ3) is 9.02. The molecule has 2 amide bonds. The molecule has 0 aliphatic rings. The minimum atomic E-state index is -3.56. The van der Waals surface area contributed by atoms with E-state index >= 15 is 0 Å². The Morgan fingerprint density at radius 1 is 1.11 bits per heavy atom. The molecule has 10 heteroatoms. The summed E-state index contributed by atoms with van der Waals surface area (Å²) in [6.45, 7) is 4.64. The first kappa shape index (κ1) is 29.5. The zero-order chi connectivity index (χ0) is 26.7. The Morgan fingerprint density at radius 3 is 2.42 bits per heavy atom. The monoisotopic (exact) mass is 537 g/mol. The molecule has 36 heavy (non-hydrogen) atoms. The maximum Gasteiger partial charge on any atom is 0.242 e. The average molecular weight is 538 g/mol. The highest BCUT2D eigenvalue weighted by molar-refractivity contribution is 7.92. The van der Waals surface area contributed by atoms with E-state index in [9.17, 15) is 18.0 Å². The van der Waals surface area contributed by atoms with E-state index in [1.54, 1.807) is 38.3 Å². The molecule has 0 aliphatic heterocycles. The van der Waals surface area contributed by atoms with Crippen LogP contribution >= 0.6 is 11.6 Å². The van der Waals surface area contributed by atoms with Gasteiger partial charge in [-0.1, -0.05) is 37.1 Å². The molecule has 2 rings (SSSR count). The molecule has 2 aromatic rings. The van der Waals surface area contributed by atoms with Crippen LogP contribution in [0.4, 0.5) is 5.69 Å². The highest BCUT2D eigenvalue weighted by atomic mass is 35.5. The molecule has 0 spiro atoms. The Balaban J connectivity index is 2.16. The largest absolute Gasteiger partial charge is 0.497 e. The molecule has 0 saturated carbocycles. The molecule has 2 aromatic carbocycles. The summed E-state index contributed by atoms with van der Waals surface area (Å²) in [5.74, 6) is 0.200. The van der Waals surface area contributed by atoms with Gasteiger partial charge in [0.05, 0.1) is 19.1 Å². The topological polar surface area (TPSA) is 96.0 Å². The second-order valence-electron chi connectivity index (χ2n) is 8.61. The molecule has 1 atom stereocenters. The predicted octanol–water partition coefficient (Wildman–Crippen LogP) is 4.23. The van der Waals surface area contributed by atoms with Crippen LogP contribution in [-0.2, 0) is 26.2 Å². The summed E-state index contributed by atoms with van der Waals surface area (Å²) >= 11 is 5.93. The number of nitrogens with zero attached hydrogens (tertiary/aromatic N) is 2. The van der Waals surface area contributed by atoms with Gasteiger partial charge in [-0.2, -0.15) is 0 Å². The number of hydrogen-bond donors (Lipinski definition) is 1. The first-order valence-corrected chi connectivity index (χ1v) is 14.2. The smallest absolute Gasteiger partial charge is 0.242 e. The van der Waals surface area contributed by atoms with E-state index in [2.05, 4.69) is 5.32 Å². The van der Waals surface area contributed by atoms with E-state index in [1.165, 1.54) is 9.21 Å². The molecule has 0 radical (unpaired) electrons. The Hall–Kier alpha value is -2.78. The van der Waals surface area contributed by atoms with Gasteiger partial charge >= 0.3 is 0 Å². The van der Waals surface area contributed by atoms with Gasteiger partial charge < -0.3 is 15.0 Å². The second-order valence-corrected chi connectivity index (χ2v) is 11.0. The predicted molar refractivity (Wildman–Crippen MR) is 144 cm³/mol. The van der Waals surface area contributed by atoms with Crippen molar-refractivity contribution >= 4 is 39.1 Å². The zero-order valence-electron chi connectivity index (χ0n) is 21.4. The number of methoxy groups -OCH3 is 1.